The van der Waals surface area contributed by atoms with Gasteiger partial charge in [-0.05, 0) is 84.5 Å². The van der Waals surface area contributed by atoms with E-state index in [1.165, 1.54) is 0 Å². The van der Waals surface area contributed by atoms with E-state index in [0.29, 0.717) is 5.56 Å². The summed E-state index contributed by atoms with van der Waals surface area (Å²) >= 11 is 0. The van der Waals surface area contributed by atoms with Gasteiger partial charge in [0.05, 0.1) is 30.4 Å². The lowest BCUT2D eigenvalue weighted by molar-refractivity contribution is -0.140. The number of halogens is 3. The predicted octanol–water partition coefficient (Wildman–Crippen LogP) is 8.21. The first-order valence-electron chi connectivity index (χ1n) is 20.0. The van der Waals surface area contributed by atoms with Crippen molar-refractivity contribution < 1.29 is 56.5 Å². The number of aliphatic hydroxyl groups excluding tert-OH is 3. The lowest BCUT2D eigenvalue weighted by Gasteiger charge is -2.55. The second-order valence-corrected chi connectivity index (χ2v) is 22.4. The Morgan fingerprint density at radius 3 is 2.03 bits per heavy atom. The average Bonchev–Trinajstić information content (AvgIpc) is 3.60. The number of Topliss-reactive ketones (excluding diaryl/α,β-unsaturated/α-hetero) is 2. The van der Waals surface area contributed by atoms with E-state index in [-0.39, 0.29) is 65.7 Å². The van der Waals surface area contributed by atoms with E-state index in [1.54, 1.807) is 49.3 Å². The van der Waals surface area contributed by atoms with E-state index < -0.39 is 90.6 Å². The van der Waals surface area contributed by atoms with Gasteiger partial charge >= 0.3 is 6.18 Å². The molecule has 60 heavy (non-hydrogen) atoms. The van der Waals surface area contributed by atoms with Crippen LogP contribution in [-0.4, -0.2) is 78.2 Å². The maximum Gasteiger partial charge on any atom is 0.416 e. The number of ketones is 2. The highest BCUT2D eigenvalue weighted by Crippen LogP contribution is 2.60. The number of carbonyl (C=O) groups is 2. The molecule has 1 aromatic heterocycles. The summed E-state index contributed by atoms with van der Waals surface area (Å²) < 4.78 is 71.5. The van der Waals surface area contributed by atoms with Gasteiger partial charge in [-0.15, -0.1) is 0 Å². The lowest BCUT2D eigenvalue weighted by Crippen LogP contribution is -2.68. The maximum absolute atomic E-state index is 15.8. The van der Waals surface area contributed by atoms with Gasteiger partial charge < -0.3 is 33.7 Å². The highest BCUT2D eigenvalue weighted by atomic mass is 28.4. The zero-order valence-corrected chi connectivity index (χ0v) is 35.7. The fraction of sp³-hybridized carbons (Fsp3) is 0.444. The van der Waals surface area contributed by atoms with E-state index in [0.717, 1.165) is 11.6 Å². The number of nitrogens with zero attached hydrogens (tertiary/aromatic N) is 2. The molecule has 11 nitrogen and oxygen atoms in total. The Hall–Kier alpha value is -4.80. The number of carbonyl (C=O) groups excluding carboxylic acids is 2. The molecular weight excluding hydrogens is 798 g/mol. The van der Waals surface area contributed by atoms with Crippen molar-refractivity contribution in [1.82, 2.24) is 10.1 Å². The number of benzene rings is 3. The van der Waals surface area contributed by atoms with E-state index >= 15 is 22.8 Å². The highest BCUT2D eigenvalue weighted by Gasteiger charge is 2.69. The van der Waals surface area contributed by atoms with Gasteiger partial charge in [-0.1, -0.05) is 81.4 Å². The average molecular weight is 849 g/mol. The molecule has 3 N–H and O–H groups in total. The van der Waals surface area contributed by atoms with Crippen molar-refractivity contribution in [3.05, 3.63) is 117 Å². The minimum atomic E-state index is -5.01. The van der Waals surface area contributed by atoms with Gasteiger partial charge in [-0.2, -0.15) is 13.2 Å². The van der Waals surface area contributed by atoms with Crippen LogP contribution in [0, 0.1) is 11.8 Å². The molecule has 0 spiro atoms. The van der Waals surface area contributed by atoms with Crippen LogP contribution < -0.4 is 9.47 Å². The van der Waals surface area contributed by atoms with Crippen molar-refractivity contribution >= 4 is 25.6 Å². The Morgan fingerprint density at radius 1 is 0.917 bits per heavy atom. The van der Waals surface area contributed by atoms with E-state index in [4.69, 9.17) is 18.4 Å². The van der Waals surface area contributed by atoms with E-state index in [2.05, 4.69) is 5.16 Å². The number of rotatable bonds is 12. The Morgan fingerprint density at radius 2 is 1.50 bits per heavy atom. The molecule has 7 rings (SSSR count). The Labute approximate surface area is 347 Å². The van der Waals surface area contributed by atoms with Crippen molar-refractivity contribution in [2.24, 2.45) is 11.8 Å². The van der Waals surface area contributed by atoms with Gasteiger partial charge in [-0.25, -0.2) is 0 Å². The van der Waals surface area contributed by atoms with Crippen molar-refractivity contribution in [3.8, 4) is 11.6 Å². The topological polar surface area (TPSA) is 152 Å². The van der Waals surface area contributed by atoms with Gasteiger partial charge in [0, 0.05) is 17.4 Å². The molecule has 1 fully saturated rings. The number of alkyl halides is 3. The molecule has 15 heteroatoms. The molecule has 320 valence electrons. The third kappa shape index (κ3) is 7.27. The second kappa shape index (κ2) is 15.9. The van der Waals surface area contributed by atoms with Crippen molar-refractivity contribution in [1.29, 1.82) is 0 Å². The molecule has 0 bridgehead atoms. The number of fused-ring (bicyclic) bond motifs is 4. The summed E-state index contributed by atoms with van der Waals surface area (Å²) in [5.74, 6) is -5.92. The van der Waals surface area contributed by atoms with Crippen LogP contribution in [0.5, 0.6) is 11.6 Å². The zero-order chi connectivity index (χ0) is 43.5. The summed E-state index contributed by atoms with van der Waals surface area (Å²) in [4.78, 5) is 33.1. The number of hydrogen-bond donors (Lipinski definition) is 3. The van der Waals surface area contributed by atoms with Gasteiger partial charge in [0.1, 0.15) is 30.3 Å². The van der Waals surface area contributed by atoms with Crippen LogP contribution in [-0.2, 0) is 35.0 Å². The summed E-state index contributed by atoms with van der Waals surface area (Å²) in [6.45, 7) is 8.00. The Bertz CT molecular complexity index is 2300. The SMILES string of the molecule is CN(C)[C@@H]1c2onc(OCc3ccccc3)c2C(=O)[C@@]2(O[Si](C)(C)C(C)(C)C)C(=O)C3=C(O)c4c(OCc5ccccc5)cc(C(CO)CO)c(C(F)(F)F)c4C[C@H]3C[C@@H]12. The third-order valence-corrected chi connectivity index (χ3v) is 17.2. The molecule has 3 aliphatic carbocycles. The summed E-state index contributed by atoms with van der Waals surface area (Å²) in [6, 6.07) is 18.3. The van der Waals surface area contributed by atoms with Crippen LogP contribution in [0.25, 0.3) is 5.76 Å². The van der Waals surface area contributed by atoms with Gasteiger partial charge in [0.2, 0.25) is 11.6 Å². The fourth-order valence-corrected chi connectivity index (χ4v) is 10.2. The number of ether oxygens (including phenoxy) is 2. The molecule has 3 aromatic carbocycles. The summed E-state index contributed by atoms with van der Waals surface area (Å²) in [7, 11) is 0.386. The minimum Gasteiger partial charge on any atom is -0.507 e. The first-order valence-corrected chi connectivity index (χ1v) is 22.9. The van der Waals surface area contributed by atoms with Gasteiger partial charge in [-0.3, -0.25) is 14.5 Å². The van der Waals surface area contributed by atoms with Crippen LogP contribution in [0.2, 0.25) is 18.1 Å². The lowest BCUT2D eigenvalue weighted by atomic mass is 9.57. The first-order chi connectivity index (χ1) is 28.3. The molecule has 3 aliphatic rings. The fourth-order valence-electron chi connectivity index (χ4n) is 8.80. The predicted molar refractivity (Wildman–Crippen MR) is 218 cm³/mol. The van der Waals surface area contributed by atoms with Crippen molar-refractivity contribution in [2.45, 2.75) is 88.7 Å². The zero-order valence-electron chi connectivity index (χ0n) is 34.7. The Balaban J connectivity index is 1.47. The molecule has 1 heterocycles. The smallest absolute Gasteiger partial charge is 0.416 e. The summed E-state index contributed by atoms with van der Waals surface area (Å²) in [5.41, 5.74) is -3.34. The van der Waals surface area contributed by atoms with Gasteiger partial charge in [0.25, 0.3) is 5.88 Å². The largest absolute Gasteiger partial charge is 0.507 e. The molecule has 4 atom stereocenters. The standard InChI is InChI=1S/C45H51F3N2O9Si/c1-43(2,3)60(6,7)59-44-31(37(50(4)5)39-35(41(44)55)42(49-58-39)57-24-26-16-12-9-13-17-26)19-27-18-30-34(38(53)33(27)40(44)54)32(56-23-25-14-10-8-11-15-25)20-29(28(21-51)22-52)36(30)45(46,47)48/h8-17,20,27-28,31,37,51-53H,18-19,21-24H2,1-7H3/t27-,31-,37-,44-/m0/s1. The van der Waals surface area contributed by atoms with Crippen LogP contribution in [0.3, 0.4) is 0 Å². The van der Waals surface area contributed by atoms with Crippen LogP contribution in [0.15, 0.2) is 76.8 Å². The van der Waals surface area contributed by atoms with Crippen LogP contribution in [0.1, 0.15) is 88.7 Å². The third-order valence-electron chi connectivity index (χ3n) is 12.7. The maximum atomic E-state index is 15.8. The minimum absolute atomic E-state index is 0.0285. The monoisotopic (exact) mass is 848 g/mol. The molecule has 0 saturated heterocycles. The molecule has 0 aliphatic heterocycles. The van der Waals surface area contributed by atoms with Crippen LogP contribution >= 0.6 is 0 Å². The second-order valence-electron chi connectivity index (χ2n) is 17.7. The van der Waals surface area contributed by atoms with E-state index in [1.807, 2.05) is 64.2 Å². The molecule has 4 aromatic rings. The highest BCUT2D eigenvalue weighted by molar-refractivity contribution is 6.74. The summed E-state index contributed by atoms with van der Waals surface area (Å²) in [6.07, 6.45) is -5.47. The molecular formula is C45H51F3N2O9Si. The molecule has 0 unspecified atom stereocenters. The normalized spacial score (nSPS) is 21.8. The number of aliphatic hydroxyl groups is 3. The first kappa shape index (κ1) is 43.3. The van der Waals surface area contributed by atoms with E-state index in [9.17, 15) is 15.3 Å². The molecule has 1 saturated carbocycles. The number of hydrogen-bond acceptors (Lipinski definition) is 11. The molecule has 0 radical (unpaired) electrons. The summed E-state index contributed by atoms with van der Waals surface area (Å²) in [5, 5.41) is 36.5. The number of aromatic nitrogens is 1. The Kier molecular flexibility index (Phi) is 11.5. The van der Waals surface area contributed by atoms with Crippen LogP contribution in [0.4, 0.5) is 13.2 Å². The van der Waals surface area contributed by atoms with Crippen molar-refractivity contribution in [3.63, 3.8) is 0 Å². The van der Waals surface area contributed by atoms with Crippen molar-refractivity contribution in [2.75, 3.05) is 27.3 Å². The van der Waals surface area contributed by atoms with Gasteiger partial charge in [0.15, 0.2) is 19.7 Å². The quantitative estimate of drug-likeness (QED) is 0.0935. The molecule has 0 amide bonds.